The molecular formula is C16H21Cl2OTi. The molecule has 0 saturated carbocycles. The Morgan fingerprint density at radius 3 is 2.15 bits per heavy atom. The van der Waals surface area contributed by atoms with E-state index in [0.29, 0.717) is 0 Å². The Kier molecular flexibility index (Phi) is 8.39. The zero-order valence-electron chi connectivity index (χ0n) is 12.3. The van der Waals surface area contributed by atoms with Crippen LogP contribution in [-0.4, -0.2) is 0 Å². The molecule has 1 unspecified atom stereocenters. The van der Waals surface area contributed by atoms with E-state index < -0.39 is 0 Å². The fourth-order valence-electron chi connectivity index (χ4n) is 2.56. The largest absolute Gasteiger partial charge is 0.147 e. The van der Waals surface area contributed by atoms with Gasteiger partial charge in [0.1, 0.15) is 0 Å². The van der Waals surface area contributed by atoms with Gasteiger partial charge in [0.15, 0.2) is 0 Å². The molecule has 1 nitrogen and oxygen atoms in total. The van der Waals surface area contributed by atoms with Crippen LogP contribution in [0.25, 0.3) is 5.57 Å². The molecule has 20 heavy (non-hydrogen) atoms. The molecule has 1 aliphatic carbocycles. The summed E-state index contributed by atoms with van der Waals surface area (Å²) in [4.78, 5) is 0. The van der Waals surface area contributed by atoms with E-state index in [4.69, 9.17) is 3.32 Å². The van der Waals surface area contributed by atoms with Crippen molar-refractivity contribution in [1.82, 2.24) is 0 Å². The van der Waals surface area contributed by atoms with Crippen LogP contribution in [0.1, 0.15) is 51.3 Å². The number of allylic oxidation sites excluding steroid dienone is 4. The maximum absolute atomic E-state index is 5.49. The van der Waals surface area contributed by atoms with E-state index in [1.54, 1.807) is 20.8 Å². The molecule has 0 bridgehead atoms. The summed E-state index contributed by atoms with van der Waals surface area (Å²) in [5.74, 6) is 0. The Balaban J connectivity index is 0.00000180. The summed E-state index contributed by atoms with van der Waals surface area (Å²) in [6.07, 6.45) is 1.22. The third-order valence-corrected chi connectivity index (χ3v) is 4.55. The van der Waals surface area contributed by atoms with Crippen LogP contribution in [0.2, 0.25) is 0 Å². The molecule has 0 amide bonds. The van der Waals surface area contributed by atoms with Crippen LogP contribution in [0.5, 0.6) is 0 Å². The van der Waals surface area contributed by atoms with Crippen LogP contribution in [-0.2, 0) is 24.1 Å². The van der Waals surface area contributed by atoms with Crippen molar-refractivity contribution < 1.29 is 24.1 Å². The third kappa shape index (κ3) is 3.78. The number of hydrogen-bond donors (Lipinski definition) is 0. The zero-order chi connectivity index (χ0) is 13.3. The summed E-state index contributed by atoms with van der Waals surface area (Å²) in [5.41, 5.74) is 8.47. The molecule has 4 heteroatoms. The van der Waals surface area contributed by atoms with Crippen molar-refractivity contribution in [2.24, 2.45) is 0 Å². The molecule has 1 aromatic rings. The predicted molar refractivity (Wildman–Crippen MR) is 86.0 cm³/mol. The van der Waals surface area contributed by atoms with Crippen molar-refractivity contribution in [3.63, 3.8) is 0 Å². The van der Waals surface area contributed by atoms with Crippen molar-refractivity contribution >= 4 is 30.4 Å². The standard InChI is InChI=1S/C16H19O.2ClH.Ti/c1-10-9-16(12(3)11(10)2)15-8-6-5-7-14(15)13(4)17;;;/h5-8,13H,9H2,1-4H3;2*1H;/q-1;;;+1. The molecule has 0 radical (unpaired) electrons. The van der Waals surface area contributed by atoms with Gasteiger partial charge in [-0.3, -0.25) is 0 Å². The minimum absolute atomic E-state index is 0. The van der Waals surface area contributed by atoms with Gasteiger partial charge in [-0.1, -0.05) is 0 Å². The fourth-order valence-corrected chi connectivity index (χ4v) is 2.76. The van der Waals surface area contributed by atoms with Crippen molar-refractivity contribution in [2.45, 2.75) is 40.2 Å². The predicted octanol–water partition coefficient (Wildman–Crippen LogP) is 5.58. The SMILES string of the molecule is CC1=C(C)C(C)=C(c2ccccc2C(C)[O][Ti])C1.Cl.Cl. The van der Waals surface area contributed by atoms with Gasteiger partial charge in [0, 0.05) is 0 Å². The second kappa shape index (κ2) is 8.41. The van der Waals surface area contributed by atoms with Crippen LogP contribution in [0.3, 0.4) is 0 Å². The van der Waals surface area contributed by atoms with Gasteiger partial charge in [-0.25, -0.2) is 0 Å². The molecule has 2 rings (SSSR count). The Morgan fingerprint density at radius 2 is 1.65 bits per heavy atom. The van der Waals surface area contributed by atoms with E-state index >= 15 is 0 Å². The van der Waals surface area contributed by atoms with Gasteiger partial charge < -0.3 is 0 Å². The molecular weight excluding hydrogens is 327 g/mol. The number of rotatable bonds is 3. The first-order valence-electron chi connectivity index (χ1n) is 6.34. The van der Waals surface area contributed by atoms with E-state index in [9.17, 15) is 0 Å². The molecule has 0 saturated heterocycles. The molecule has 1 atom stereocenters. The summed E-state index contributed by atoms with van der Waals surface area (Å²) in [5, 5.41) is 0. The second-order valence-electron chi connectivity index (χ2n) is 5.03. The maximum Gasteiger partial charge on any atom is -0.147 e. The van der Waals surface area contributed by atoms with Gasteiger partial charge in [0.05, 0.1) is 0 Å². The molecule has 0 heterocycles. The molecule has 109 valence electrons. The molecule has 0 spiro atoms. The average molecular weight is 348 g/mol. The molecule has 0 aliphatic heterocycles. The summed E-state index contributed by atoms with van der Waals surface area (Å²) in [6, 6.07) is 8.60. The Labute approximate surface area is 146 Å². The minimum atomic E-state index is 0. The van der Waals surface area contributed by atoms with Crippen LogP contribution in [0.4, 0.5) is 0 Å². The van der Waals surface area contributed by atoms with E-state index in [1.807, 2.05) is 0 Å². The zero-order valence-corrected chi connectivity index (χ0v) is 15.5. The molecule has 1 aromatic carbocycles. The second-order valence-corrected chi connectivity index (χ2v) is 5.40. The summed E-state index contributed by atoms with van der Waals surface area (Å²) >= 11 is 1.77. The van der Waals surface area contributed by atoms with Crippen molar-refractivity contribution in [1.29, 1.82) is 0 Å². The summed E-state index contributed by atoms with van der Waals surface area (Å²) in [6.45, 7) is 8.79. The summed E-state index contributed by atoms with van der Waals surface area (Å²) in [7, 11) is 0. The quantitative estimate of drug-likeness (QED) is 0.648. The Morgan fingerprint density at radius 1 is 1.05 bits per heavy atom. The first-order valence-corrected chi connectivity index (χ1v) is 6.98. The molecule has 0 aromatic heterocycles. The Hall–Kier alpha value is -0.0457. The van der Waals surface area contributed by atoms with Crippen LogP contribution >= 0.6 is 24.8 Å². The first kappa shape index (κ1) is 20.0. The normalized spacial score (nSPS) is 15.8. The maximum atomic E-state index is 5.49. The number of benzene rings is 1. The Bertz CT molecular complexity index is 535. The van der Waals surface area contributed by atoms with Crippen LogP contribution in [0.15, 0.2) is 41.0 Å². The minimum Gasteiger partial charge on any atom is -0.147 e. The molecule has 0 fully saturated rings. The average Bonchev–Trinajstić information content (AvgIpc) is 2.65. The smallest absolute Gasteiger partial charge is 0.147 e. The van der Waals surface area contributed by atoms with Crippen molar-refractivity contribution in [3.05, 3.63) is 52.1 Å². The van der Waals surface area contributed by atoms with Crippen molar-refractivity contribution in [3.8, 4) is 0 Å². The third-order valence-electron chi connectivity index (χ3n) is 4.00. The van der Waals surface area contributed by atoms with E-state index in [1.165, 1.54) is 33.4 Å². The van der Waals surface area contributed by atoms with E-state index in [-0.39, 0.29) is 30.9 Å². The van der Waals surface area contributed by atoms with Gasteiger partial charge in [-0.15, -0.1) is 24.8 Å². The number of hydrogen-bond acceptors (Lipinski definition) is 1. The van der Waals surface area contributed by atoms with E-state index in [0.717, 1.165) is 6.42 Å². The summed E-state index contributed by atoms with van der Waals surface area (Å²) < 4.78 is 5.49. The van der Waals surface area contributed by atoms with Gasteiger partial charge in [0.25, 0.3) is 0 Å². The monoisotopic (exact) mass is 347 g/mol. The molecule has 0 N–H and O–H groups in total. The van der Waals surface area contributed by atoms with Gasteiger partial charge in [-0.05, 0) is 0 Å². The van der Waals surface area contributed by atoms with Gasteiger partial charge in [0.2, 0.25) is 0 Å². The molecule has 1 aliphatic rings. The van der Waals surface area contributed by atoms with Gasteiger partial charge >= 0.3 is 122 Å². The first-order chi connectivity index (χ1) is 8.56. The van der Waals surface area contributed by atoms with Crippen LogP contribution < -0.4 is 0 Å². The topological polar surface area (TPSA) is 9.23 Å². The van der Waals surface area contributed by atoms with E-state index in [2.05, 4.69) is 52.0 Å². The van der Waals surface area contributed by atoms with Crippen molar-refractivity contribution in [2.75, 3.05) is 0 Å². The fraction of sp³-hybridized carbons (Fsp3) is 0.375. The number of halogens is 2. The van der Waals surface area contributed by atoms with Gasteiger partial charge in [-0.2, -0.15) is 0 Å². The van der Waals surface area contributed by atoms with Crippen LogP contribution in [0, 0.1) is 0 Å².